The average Bonchev–Trinajstić information content (AvgIpc) is 3.23. The van der Waals surface area contributed by atoms with Gasteiger partial charge in [0.25, 0.3) is 0 Å². The van der Waals surface area contributed by atoms with Crippen LogP contribution < -0.4 is 4.90 Å². The predicted octanol–water partition coefficient (Wildman–Crippen LogP) is 3.77. The second-order valence-corrected chi connectivity index (χ2v) is 8.02. The lowest BCUT2D eigenvalue weighted by atomic mass is 10.1. The van der Waals surface area contributed by atoms with Crippen molar-refractivity contribution in [1.82, 2.24) is 19.7 Å². The molecule has 4 heterocycles. The van der Waals surface area contributed by atoms with Gasteiger partial charge in [0, 0.05) is 25.5 Å². The van der Waals surface area contributed by atoms with Gasteiger partial charge in [-0.2, -0.15) is 5.10 Å². The Morgan fingerprint density at radius 2 is 1.58 bits per heavy atom. The first-order chi connectivity index (χ1) is 12.8. The van der Waals surface area contributed by atoms with Crippen molar-refractivity contribution in [3.63, 3.8) is 0 Å². The van der Waals surface area contributed by atoms with Gasteiger partial charge in [0.15, 0.2) is 5.65 Å². The zero-order chi connectivity index (χ0) is 17.8. The van der Waals surface area contributed by atoms with Crippen LogP contribution in [0.25, 0.3) is 11.0 Å². The Hall–Kier alpha value is -1.62. The summed E-state index contributed by atoms with van der Waals surface area (Å²) >= 11 is 0. The number of rotatable bonds is 5. The van der Waals surface area contributed by atoms with Crippen LogP contribution in [0.2, 0.25) is 0 Å². The number of pyridine rings is 1. The first kappa shape index (κ1) is 17.8. The van der Waals surface area contributed by atoms with E-state index in [1.807, 2.05) is 11.7 Å². The molecule has 0 bridgehead atoms. The van der Waals surface area contributed by atoms with Crippen molar-refractivity contribution < 1.29 is 0 Å². The molecule has 142 valence electrons. The van der Waals surface area contributed by atoms with E-state index >= 15 is 0 Å². The summed E-state index contributed by atoms with van der Waals surface area (Å²) in [4.78, 5) is 10.1. The highest BCUT2D eigenvalue weighted by atomic mass is 15.3. The summed E-state index contributed by atoms with van der Waals surface area (Å²) in [5.74, 6) is 1.13. The van der Waals surface area contributed by atoms with Crippen LogP contribution in [0, 0.1) is 0 Å². The molecule has 26 heavy (non-hydrogen) atoms. The minimum Gasteiger partial charge on any atom is -0.357 e. The molecule has 2 aromatic rings. The van der Waals surface area contributed by atoms with Crippen molar-refractivity contribution >= 4 is 16.9 Å². The molecule has 0 unspecified atom stereocenters. The lowest BCUT2D eigenvalue weighted by Gasteiger charge is -2.25. The van der Waals surface area contributed by atoms with E-state index in [4.69, 9.17) is 10.1 Å². The maximum absolute atomic E-state index is 4.99. The number of fused-ring (bicyclic) bond motifs is 1. The molecule has 2 fully saturated rings. The molecule has 0 saturated carbocycles. The van der Waals surface area contributed by atoms with E-state index < -0.39 is 0 Å². The summed E-state index contributed by atoms with van der Waals surface area (Å²) < 4.78 is 1.98. The molecule has 5 nitrogen and oxygen atoms in total. The summed E-state index contributed by atoms with van der Waals surface area (Å²) in [6, 6.07) is 4.48. The molecule has 5 heteroatoms. The molecule has 2 aliphatic heterocycles. The number of likely N-dealkylation sites (tertiary alicyclic amines) is 1. The fraction of sp³-hybridized carbons (Fsp3) is 0.714. The summed E-state index contributed by atoms with van der Waals surface area (Å²) in [5.41, 5.74) is 2.26. The van der Waals surface area contributed by atoms with E-state index in [1.54, 1.807) is 0 Å². The molecule has 0 radical (unpaired) electrons. The van der Waals surface area contributed by atoms with Gasteiger partial charge in [-0.1, -0.05) is 19.3 Å². The zero-order valence-electron chi connectivity index (χ0n) is 16.3. The molecule has 0 amide bonds. The number of aryl methyl sites for hydroxylation is 2. The highest BCUT2D eigenvalue weighted by molar-refractivity contribution is 5.80. The number of anilines is 1. The van der Waals surface area contributed by atoms with Crippen LogP contribution >= 0.6 is 0 Å². The summed E-state index contributed by atoms with van der Waals surface area (Å²) in [6.07, 6.45) is 11.7. The number of hydrogen-bond donors (Lipinski definition) is 0. The van der Waals surface area contributed by atoms with Gasteiger partial charge in [-0.05, 0) is 70.3 Å². The van der Waals surface area contributed by atoms with E-state index in [1.165, 1.54) is 82.1 Å². The molecule has 0 aliphatic carbocycles. The molecule has 0 atom stereocenters. The van der Waals surface area contributed by atoms with Crippen LogP contribution in [0.5, 0.6) is 0 Å². The van der Waals surface area contributed by atoms with E-state index in [0.717, 1.165) is 31.0 Å². The third-order valence-electron chi connectivity index (χ3n) is 6.02. The summed E-state index contributed by atoms with van der Waals surface area (Å²) in [5, 5.41) is 6.03. The maximum atomic E-state index is 4.99. The Balaban J connectivity index is 1.46. The number of aromatic nitrogens is 3. The van der Waals surface area contributed by atoms with E-state index in [2.05, 4.69) is 21.9 Å². The molecule has 0 aromatic carbocycles. The lowest BCUT2D eigenvalue weighted by Crippen LogP contribution is -2.27. The van der Waals surface area contributed by atoms with E-state index in [-0.39, 0.29) is 0 Å². The largest absolute Gasteiger partial charge is 0.357 e. The van der Waals surface area contributed by atoms with E-state index in [0.29, 0.717) is 0 Å². The first-order valence-electron chi connectivity index (χ1n) is 10.6. The minimum absolute atomic E-state index is 1.04. The van der Waals surface area contributed by atoms with Crippen molar-refractivity contribution in [2.45, 2.75) is 57.8 Å². The van der Waals surface area contributed by atoms with Gasteiger partial charge in [-0.15, -0.1) is 0 Å². The van der Waals surface area contributed by atoms with Crippen molar-refractivity contribution in [1.29, 1.82) is 0 Å². The van der Waals surface area contributed by atoms with Crippen LogP contribution in [0.1, 0.15) is 57.1 Å². The number of hydrogen-bond acceptors (Lipinski definition) is 4. The first-order valence-corrected chi connectivity index (χ1v) is 10.6. The Morgan fingerprint density at radius 3 is 2.35 bits per heavy atom. The topological polar surface area (TPSA) is 37.2 Å². The van der Waals surface area contributed by atoms with Gasteiger partial charge in [0.2, 0.25) is 0 Å². The van der Waals surface area contributed by atoms with Crippen molar-refractivity contribution in [2.75, 3.05) is 37.6 Å². The smallest absolute Gasteiger partial charge is 0.160 e. The third-order valence-corrected chi connectivity index (χ3v) is 6.02. The van der Waals surface area contributed by atoms with Crippen molar-refractivity contribution in [2.24, 2.45) is 7.05 Å². The van der Waals surface area contributed by atoms with Gasteiger partial charge in [0.05, 0.1) is 5.69 Å². The Bertz CT molecular complexity index is 709. The SMILES string of the molecule is Cn1nc(CCCN2CCCC2)c2ccc(N3CCCCCCC3)nc21. The van der Waals surface area contributed by atoms with Gasteiger partial charge in [-0.25, -0.2) is 4.98 Å². The van der Waals surface area contributed by atoms with Crippen LogP contribution in [-0.2, 0) is 13.5 Å². The molecule has 0 N–H and O–H groups in total. The monoisotopic (exact) mass is 355 g/mol. The van der Waals surface area contributed by atoms with Crippen LogP contribution in [-0.4, -0.2) is 52.4 Å². The standard InChI is InChI=1S/C21H33N5/c1-24-21-18(19(23-24)10-9-15-25-13-7-8-14-25)11-12-20(22-21)26-16-5-3-2-4-6-17-26/h11-12H,2-10,13-17H2,1H3. The molecular formula is C21H33N5. The summed E-state index contributed by atoms with van der Waals surface area (Å²) in [7, 11) is 2.04. The van der Waals surface area contributed by atoms with Crippen molar-refractivity contribution in [3.05, 3.63) is 17.8 Å². The third kappa shape index (κ3) is 4.03. The molecule has 2 aliphatic rings. The molecule has 2 saturated heterocycles. The van der Waals surface area contributed by atoms with Crippen LogP contribution in [0.15, 0.2) is 12.1 Å². The van der Waals surface area contributed by atoms with Gasteiger partial charge < -0.3 is 9.80 Å². The Kier molecular flexibility index (Phi) is 5.73. The molecule has 4 rings (SSSR count). The van der Waals surface area contributed by atoms with Crippen LogP contribution in [0.3, 0.4) is 0 Å². The molecular weight excluding hydrogens is 322 g/mol. The normalized spacial score (nSPS) is 19.8. The summed E-state index contributed by atoms with van der Waals surface area (Å²) in [6.45, 7) is 6.04. The van der Waals surface area contributed by atoms with E-state index in [9.17, 15) is 0 Å². The van der Waals surface area contributed by atoms with Gasteiger partial charge in [0.1, 0.15) is 5.82 Å². The fourth-order valence-corrected chi connectivity index (χ4v) is 4.51. The lowest BCUT2D eigenvalue weighted by molar-refractivity contribution is 0.333. The highest BCUT2D eigenvalue weighted by Crippen LogP contribution is 2.23. The zero-order valence-corrected chi connectivity index (χ0v) is 16.3. The minimum atomic E-state index is 1.04. The maximum Gasteiger partial charge on any atom is 0.160 e. The molecule has 2 aromatic heterocycles. The highest BCUT2D eigenvalue weighted by Gasteiger charge is 2.16. The fourth-order valence-electron chi connectivity index (χ4n) is 4.51. The van der Waals surface area contributed by atoms with Gasteiger partial charge in [-0.3, -0.25) is 4.68 Å². The van der Waals surface area contributed by atoms with Crippen molar-refractivity contribution in [3.8, 4) is 0 Å². The molecule has 0 spiro atoms. The predicted molar refractivity (Wildman–Crippen MR) is 108 cm³/mol. The average molecular weight is 356 g/mol. The second kappa shape index (κ2) is 8.38. The van der Waals surface area contributed by atoms with Gasteiger partial charge >= 0.3 is 0 Å². The Labute approximate surface area is 157 Å². The second-order valence-electron chi connectivity index (χ2n) is 8.02. The van der Waals surface area contributed by atoms with Crippen LogP contribution in [0.4, 0.5) is 5.82 Å². The Morgan fingerprint density at radius 1 is 0.885 bits per heavy atom. The number of nitrogens with zero attached hydrogens (tertiary/aromatic N) is 5. The quantitative estimate of drug-likeness (QED) is 0.818.